The molecule has 0 saturated carbocycles. The highest BCUT2D eigenvalue weighted by molar-refractivity contribution is 6.03. The average molecular weight is 205 g/mol. The van der Waals surface area contributed by atoms with Crippen LogP contribution in [0.2, 0.25) is 0 Å². The highest BCUT2D eigenvalue weighted by Crippen LogP contribution is 2.10. The van der Waals surface area contributed by atoms with Crippen LogP contribution in [-0.4, -0.2) is 11.0 Å². The lowest BCUT2D eigenvalue weighted by molar-refractivity contribution is -0.113. The van der Waals surface area contributed by atoms with Gasteiger partial charge < -0.3 is 10.4 Å². The molecule has 1 aromatic carbocycles. The van der Waals surface area contributed by atoms with Crippen molar-refractivity contribution < 1.29 is 9.90 Å². The zero-order valence-electron chi connectivity index (χ0n) is 8.95. The molecule has 0 unspecified atom stereocenters. The summed E-state index contributed by atoms with van der Waals surface area (Å²) in [6.45, 7) is 3.41. The summed E-state index contributed by atoms with van der Waals surface area (Å²) in [6, 6.07) is 9.16. The van der Waals surface area contributed by atoms with Crippen molar-refractivity contribution in [3.05, 3.63) is 41.7 Å². The molecule has 0 aliphatic heterocycles. The number of aliphatic hydroxyl groups is 1. The molecule has 0 bridgehead atoms. The first-order valence-electron chi connectivity index (χ1n) is 4.90. The maximum atomic E-state index is 11.6. The Kier molecular flexibility index (Phi) is 3.92. The topological polar surface area (TPSA) is 49.3 Å². The summed E-state index contributed by atoms with van der Waals surface area (Å²) >= 11 is 0. The van der Waals surface area contributed by atoms with E-state index in [0.717, 1.165) is 5.69 Å². The van der Waals surface area contributed by atoms with Crippen LogP contribution in [0.15, 0.2) is 41.7 Å². The van der Waals surface area contributed by atoms with E-state index in [2.05, 4.69) is 5.32 Å². The summed E-state index contributed by atoms with van der Waals surface area (Å²) in [5.74, 6) is -0.135. The van der Waals surface area contributed by atoms with Gasteiger partial charge in [-0.15, -0.1) is 0 Å². The van der Waals surface area contributed by atoms with Gasteiger partial charge in [-0.3, -0.25) is 4.79 Å². The van der Waals surface area contributed by atoms with E-state index in [1.165, 1.54) is 0 Å². The Morgan fingerprint density at radius 3 is 2.47 bits per heavy atom. The molecule has 0 spiro atoms. The molecule has 0 aliphatic rings. The number of aliphatic hydroxyl groups excluding tert-OH is 1. The fourth-order valence-electron chi connectivity index (χ4n) is 1.14. The Bertz CT molecular complexity index is 368. The standard InChI is InChI=1S/C12H15NO2/c1-3-11(14)9(2)12(15)13-10-7-5-4-6-8-10/h4-8,14H,3H2,1-2H3,(H,13,15). The molecular formula is C12H15NO2. The van der Waals surface area contributed by atoms with Gasteiger partial charge in [-0.1, -0.05) is 25.1 Å². The van der Waals surface area contributed by atoms with Gasteiger partial charge in [0.15, 0.2) is 0 Å². The highest BCUT2D eigenvalue weighted by Gasteiger charge is 2.08. The van der Waals surface area contributed by atoms with Crippen LogP contribution in [0.5, 0.6) is 0 Å². The van der Waals surface area contributed by atoms with Crippen molar-refractivity contribution in [3.63, 3.8) is 0 Å². The van der Waals surface area contributed by atoms with Gasteiger partial charge in [-0.25, -0.2) is 0 Å². The normalized spacial score (nSPS) is 11.9. The summed E-state index contributed by atoms with van der Waals surface area (Å²) in [6.07, 6.45) is 0.466. The van der Waals surface area contributed by atoms with Crippen LogP contribution in [0.3, 0.4) is 0 Å². The Balaban J connectivity index is 2.73. The first-order valence-corrected chi connectivity index (χ1v) is 4.90. The van der Waals surface area contributed by atoms with Gasteiger partial charge in [-0.2, -0.15) is 0 Å². The number of anilines is 1. The second-order valence-corrected chi connectivity index (χ2v) is 3.25. The number of rotatable bonds is 3. The van der Waals surface area contributed by atoms with Crippen LogP contribution in [0.4, 0.5) is 5.69 Å². The third kappa shape index (κ3) is 3.13. The summed E-state index contributed by atoms with van der Waals surface area (Å²) < 4.78 is 0. The van der Waals surface area contributed by atoms with Crippen molar-refractivity contribution in [2.45, 2.75) is 20.3 Å². The van der Waals surface area contributed by atoms with E-state index in [9.17, 15) is 9.90 Å². The van der Waals surface area contributed by atoms with Gasteiger partial charge >= 0.3 is 0 Å². The molecule has 3 nitrogen and oxygen atoms in total. The third-order valence-electron chi connectivity index (χ3n) is 2.14. The molecule has 0 fully saturated rings. The number of nitrogens with one attached hydrogen (secondary N) is 1. The Hall–Kier alpha value is -1.77. The van der Waals surface area contributed by atoms with Crippen molar-refractivity contribution in [2.24, 2.45) is 0 Å². The van der Waals surface area contributed by atoms with E-state index < -0.39 is 0 Å². The molecule has 15 heavy (non-hydrogen) atoms. The molecule has 0 saturated heterocycles. The first-order chi connectivity index (χ1) is 7.15. The van der Waals surface area contributed by atoms with Crippen molar-refractivity contribution in [1.82, 2.24) is 0 Å². The van der Waals surface area contributed by atoms with E-state index in [4.69, 9.17) is 0 Å². The van der Waals surface area contributed by atoms with Crippen molar-refractivity contribution >= 4 is 11.6 Å². The predicted molar refractivity (Wildman–Crippen MR) is 60.7 cm³/mol. The van der Waals surface area contributed by atoms with Crippen LogP contribution >= 0.6 is 0 Å². The van der Waals surface area contributed by atoms with Gasteiger partial charge in [0.05, 0.1) is 5.57 Å². The molecule has 0 aromatic heterocycles. The summed E-state index contributed by atoms with van der Waals surface area (Å²) in [5, 5.41) is 12.1. The molecule has 0 aliphatic carbocycles. The van der Waals surface area contributed by atoms with Crippen molar-refractivity contribution in [3.8, 4) is 0 Å². The number of hydrogen-bond acceptors (Lipinski definition) is 2. The molecule has 0 heterocycles. The van der Waals surface area contributed by atoms with E-state index in [0.29, 0.717) is 12.0 Å². The van der Waals surface area contributed by atoms with Gasteiger partial charge in [0.2, 0.25) is 0 Å². The lowest BCUT2D eigenvalue weighted by Crippen LogP contribution is -2.14. The van der Waals surface area contributed by atoms with E-state index in [-0.39, 0.29) is 11.7 Å². The SMILES string of the molecule is CCC(O)=C(C)C(=O)Nc1ccccc1. The number of allylic oxidation sites excluding steroid dienone is 1. The van der Waals surface area contributed by atoms with E-state index >= 15 is 0 Å². The summed E-state index contributed by atoms with van der Waals surface area (Å²) in [5.41, 5.74) is 1.09. The number of hydrogen-bond donors (Lipinski definition) is 2. The third-order valence-corrected chi connectivity index (χ3v) is 2.14. The highest BCUT2D eigenvalue weighted by atomic mass is 16.3. The number of carbonyl (C=O) groups is 1. The van der Waals surface area contributed by atoms with E-state index in [1.807, 2.05) is 18.2 Å². The van der Waals surface area contributed by atoms with Crippen LogP contribution in [0.25, 0.3) is 0 Å². The first kappa shape index (κ1) is 11.3. The quantitative estimate of drug-likeness (QED) is 0.588. The van der Waals surface area contributed by atoms with Gasteiger partial charge in [-0.05, 0) is 19.1 Å². The number of carbonyl (C=O) groups excluding carboxylic acids is 1. The Labute approximate surface area is 89.4 Å². The van der Waals surface area contributed by atoms with Gasteiger partial charge in [0.1, 0.15) is 5.76 Å². The predicted octanol–water partition coefficient (Wildman–Crippen LogP) is 2.87. The van der Waals surface area contributed by atoms with E-state index in [1.54, 1.807) is 26.0 Å². The number of amides is 1. The molecule has 1 aromatic rings. The molecule has 1 amide bonds. The maximum absolute atomic E-state index is 11.6. The van der Waals surface area contributed by atoms with Gasteiger partial charge in [0.25, 0.3) is 5.91 Å². The summed E-state index contributed by atoms with van der Waals surface area (Å²) in [7, 11) is 0. The second kappa shape index (κ2) is 5.20. The average Bonchev–Trinajstić information content (AvgIpc) is 2.28. The minimum atomic E-state index is -0.263. The minimum absolute atomic E-state index is 0.128. The molecular weight excluding hydrogens is 190 g/mol. The zero-order valence-corrected chi connectivity index (χ0v) is 8.95. The number of para-hydroxylation sites is 1. The molecule has 0 atom stereocenters. The summed E-state index contributed by atoms with van der Waals surface area (Å²) in [4.78, 5) is 11.6. The largest absolute Gasteiger partial charge is 0.512 e. The fraction of sp³-hybridized carbons (Fsp3) is 0.250. The number of benzene rings is 1. The Morgan fingerprint density at radius 2 is 1.93 bits per heavy atom. The van der Waals surface area contributed by atoms with Crippen LogP contribution < -0.4 is 5.32 Å². The van der Waals surface area contributed by atoms with Crippen LogP contribution in [0.1, 0.15) is 20.3 Å². The minimum Gasteiger partial charge on any atom is -0.512 e. The molecule has 80 valence electrons. The smallest absolute Gasteiger partial charge is 0.254 e. The Morgan fingerprint density at radius 1 is 1.33 bits per heavy atom. The lowest BCUT2D eigenvalue weighted by atomic mass is 10.2. The van der Waals surface area contributed by atoms with Crippen LogP contribution in [0, 0.1) is 0 Å². The molecule has 1 rings (SSSR count). The molecule has 3 heteroatoms. The fourth-order valence-corrected chi connectivity index (χ4v) is 1.14. The van der Waals surface area contributed by atoms with Crippen LogP contribution in [-0.2, 0) is 4.79 Å². The maximum Gasteiger partial charge on any atom is 0.254 e. The van der Waals surface area contributed by atoms with Crippen molar-refractivity contribution in [1.29, 1.82) is 0 Å². The molecule has 0 radical (unpaired) electrons. The molecule has 2 N–H and O–H groups in total. The van der Waals surface area contributed by atoms with Gasteiger partial charge in [0, 0.05) is 12.1 Å². The van der Waals surface area contributed by atoms with Crippen molar-refractivity contribution in [2.75, 3.05) is 5.32 Å². The lowest BCUT2D eigenvalue weighted by Gasteiger charge is -2.06. The second-order valence-electron chi connectivity index (χ2n) is 3.25. The monoisotopic (exact) mass is 205 g/mol. The zero-order chi connectivity index (χ0) is 11.3.